The van der Waals surface area contributed by atoms with Crippen molar-refractivity contribution in [3.8, 4) is 17.1 Å². The van der Waals surface area contributed by atoms with Crippen LogP contribution >= 0.6 is 11.6 Å². The molecule has 3 rings (SSSR count). The molecule has 0 aliphatic rings. The first-order valence-corrected chi connectivity index (χ1v) is 7.73. The van der Waals surface area contributed by atoms with Gasteiger partial charge in [-0.1, -0.05) is 23.7 Å². The van der Waals surface area contributed by atoms with Crippen LogP contribution in [0.1, 0.15) is 18.1 Å². The van der Waals surface area contributed by atoms with Crippen LogP contribution in [0.15, 0.2) is 46.9 Å². The van der Waals surface area contributed by atoms with Crippen LogP contribution in [0.2, 0.25) is 5.02 Å². The summed E-state index contributed by atoms with van der Waals surface area (Å²) in [4.78, 5) is 0. The summed E-state index contributed by atoms with van der Waals surface area (Å²) in [7, 11) is 0. The Labute approximate surface area is 135 Å². The summed E-state index contributed by atoms with van der Waals surface area (Å²) >= 11 is 6.30. The third-order valence-corrected chi connectivity index (χ3v) is 4.11. The van der Waals surface area contributed by atoms with Crippen LogP contribution in [0.4, 0.5) is 0 Å². The topological polar surface area (TPSA) is 20.5 Å². The fourth-order valence-corrected chi connectivity index (χ4v) is 2.71. The first kappa shape index (κ1) is 14.9. The molecule has 0 fully saturated rings. The fourth-order valence-electron chi connectivity index (χ4n) is 2.48. The molecule has 1 heterocycles. The molecule has 0 unspecified atom stereocenters. The monoisotopic (exact) mass is 313 g/mol. The van der Waals surface area contributed by atoms with E-state index in [9.17, 15) is 0 Å². The van der Waals surface area contributed by atoms with E-state index in [-0.39, 0.29) is 0 Å². The molecule has 0 aliphatic carbocycles. The summed E-state index contributed by atoms with van der Waals surface area (Å²) in [5, 5.41) is 1.65. The smallest absolute Gasteiger partial charge is 0.366 e. The quantitative estimate of drug-likeness (QED) is 0.549. The number of aryl methyl sites for hydroxylation is 2. The van der Waals surface area contributed by atoms with Crippen LogP contribution in [-0.4, -0.2) is 6.61 Å². The van der Waals surface area contributed by atoms with E-state index in [4.69, 9.17) is 20.8 Å². The Kier molecular flexibility index (Phi) is 4.04. The van der Waals surface area contributed by atoms with Crippen molar-refractivity contribution in [3.05, 3.63) is 58.6 Å². The molecule has 2 nitrogen and oxygen atoms in total. The van der Waals surface area contributed by atoms with Gasteiger partial charge in [0.25, 0.3) is 0 Å². The molecule has 0 saturated heterocycles. The summed E-state index contributed by atoms with van der Waals surface area (Å²) < 4.78 is 11.9. The van der Waals surface area contributed by atoms with Crippen molar-refractivity contribution in [2.75, 3.05) is 6.61 Å². The lowest BCUT2D eigenvalue weighted by Crippen LogP contribution is -1.94. The number of rotatable bonds is 3. The molecule has 3 aromatic rings. The molecule has 112 valence electrons. The first-order chi connectivity index (χ1) is 10.6. The minimum atomic E-state index is 0.605. The highest BCUT2D eigenvalue weighted by molar-refractivity contribution is 6.33. The zero-order valence-electron chi connectivity index (χ0n) is 12.9. The average Bonchev–Trinajstić information content (AvgIpc) is 2.49. The van der Waals surface area contributed by atoms with E-state index in [2.05, 4.69) is 19.9 Å². The molecule has 0 bridgehead atoms. The summed E-state index contributed by atoms with van der Waals surface area (Å²) in [5.74, 6) is 1.53. The van der Waals surface area contributed by atoms with Gasteiger partial charge in [0.2, 0.25) is 0 Å². The predicted octanol–water partition coefficient (Wildman–Crippen LogP) is 6.05. The molecule has 22 heavy (non-hydrogen) atoms. The van der Waals surface area contributed by atoms with E-state index < -0.39 is 0 Å². The maximum atomic E-state index is 6.30. The molecule has 0 radical (unpaired) electrons. The minimum Gasteiger partial charge on any atom is -0.493 e. The molecule has 0 amide bonds. The lowest BCUT2D eigenvalue weighted by molar-refractivity contribution is 0.342. The Bertz CT molecular complexity index is 840. The van der Waals surface area contributed by atoms with Crippen molar-refractivity contribution in [2.24, 2.45) is 0 Å². The van der Waals surface area contributed by atoms with Crippen molar-refractivity contribution in [1.29, 1.82) is 0 Å². The molecule has 1 aromatic heterocycles. The predicted molar refractivity (Wildman–Crippen MR) is 91.7 cm³/mol. The van der Waals surface area contributed by atoms with Crippen molar-refractivity contribution < 1.29 is 9.15 Å². The van der Waals surface area contributed by atoms with E-state index in [1.54, 1.807) is 0 Å². The van der Waals surface area contributed by atoms with Gasteiger partial charge < -0.3 is 4.74 Å². The maximum absolute atomic E-state index is 6.30. The second-order valence-electron chi connectivity index (χ2n) is 5.32. The third-order valence-electron chi connectivity index (χ3n) is 3.78. The highest BCUT2D eigenvalue weighted by atomic mass is 35.5. The summed E-state index contributed by atoms with van der Waals surface area (Å²) in [6.45, 7) is 6.75. The number of benzene rings is 2. The van der Waals surface area contributed by atoms with Gasteiger partial charge in [-0.3, -0.25) is 0 Å². The standard InChI is InChI=1S/C19H18ClO2/c1-4-21-17-11-19(14-7-5-6-8-16(14)20)22-18-10-13(3)12(2)9-15(17)18/h5-11H,4H2,1-3H3/q+1. The molecule has 2 aromatic carbocycles. The molecule has 0 saturated carbocycles. The molecular formula is C19H18ClO2+. The molecule has 0 aliphatic heterocycles. The van der Waals surface area contributed by atoms with Crippen molar-refractivity contribution in [3.63, 3.8) is 0 Å². The van der Waals surface area contributed by atoms with E-state index in [0.717, 1.165) is 22.3 Å². The van der Waals surface area contributed by atoms with Crippen molar-refractivity contribution in [1.82, 2.24) is 0 Å². The zero-order valence-corrected chi connectivity index (χ0v) is 13.7. The van der Waals surface area contributed by atoms with Gasteiger partial charge in [0, 0.05) is 6.07 Å². The zero-order chi connectivity index (χ0) is 15.7. The van der Waals surface area contributed by atoms with Crippen molar-refractivity contribution >= 4 is 22.6 Å². The SMILES string of the molecule is CCOc1cc(-c2ccccc2Cl)[o+]c2cc(C)c(C)cc12. The van der Waals surface area contributed by atoms with Gasteiger partial charge >= 0.3 is 11.3 Å². The minimum absolute atomic E-state index is 0.605. The van der Waals surface area contributed by atoms with Crippen molar-refractivity contribution in [2.45, 2.75) is 20.8 Å². The molecular weight excluding hydrogens is 296 g/mol. The lowest BCUT2D eigenvalue weighted by atomic mass is 10.1. The highest BCUT2D eigenvalue weighted by Gasteiger charge is 2.22. The van der Waals surface area contributed by atoms with Gasteiger partial charge in [0.15, 0.2) is 0 Å². The van der Waals surface area contributed by atoms with Crippen LogP contribution in [0.25, 0.3) is 22.3 Å². The molecule has 0 spiro atoms. The molecule has 3 heteroatoms. The lowest BCUT2D eigenvalue weighted by Gasteiger charge is -2.06. The van der Waals surface area contributed by atoms with E-state index >= 15 is 0 Å². The van der Waals surface area contributed by atoms with Gasteiger partial charge in [0.1, 0.15) is 11.1 Å². The van der Waals surface area contributed by atoms with Crippen LogP contribution < -0.4 is 4.74 Å². The number of hydrogen-bond donors (Lipinski definition) is 0. The van der Waals surface area contributed by atoms with Gasteiger partial charge in [-0.2, -0.15) is 0 Å². The normalized spacial score (nSPS) is 10.9. The van der Waals surface area contributed by atoms with E-state index in [1.165, 1.54) is 11.1 Å². The Balaban J connectivity index is 2.29. The Morgan fingerprint density at radius 2 is 1.77 bits per heavy atom. The fraction of sp³-hybridized carbons (Fsp3) is 0.211. The molecule has 0 atom stereocenters. The van der Waals surface area contributed by atoms with Gasteiger partial charge in [0.05, 0.1) is 23.3 Å². The van der Waals surface area contributed by atoms with Crippen LogP contribution in [0, 0.1) is 13.8 Å². The first-order valence-electron chi connectivity index (χ1n) is 7.36. The van der Waals surface area contributed by atoms with Gasteiger partial charge in [-0.05, 0) is 50.1 Å². The van der Waals surface area contributed by atoms with Gasteiger partial charge in [-0.25, -0.2) is 4.42 Å². The largest absolute Gasteiger partial charge is 0.493 e. The second-order valence-corrected chi connectivity index (χ2v) is 5.73. The van der Waals surface area contributed by atoms with Crippen LogP contribution in [0.5, 0.6) is 5.75 Å². The van der Waals surface area contributed by atoms with Gasteiger partial charge in [-0.15, -0.1) is 0 Å². The average molecular weight is 314 g/mol. The third kappa shape index (κ3) is 2.67. The summed E-state index contributed by atoms with van der Waals surface area (Å²) in [6.07, 6.45) is 0. The number of fused-ring (bicyclic) bond motifs is 1. The molecule has 0 N–H and O–H groups in total. The summed E-state index contributed by atoms with van der Waals surface area (Å²) in [5.41, 5.74) is 4.08. The number of ether oxygens (including phenoxy) is 1. The highest BCUT2D eigenvalue weighted by Crippen LogP contribution is 2.36. The Hall–Kier alpha value is -2.06. The number of hydrogen-bond acceptors (Lipinski definition) is 1. The van der Waals surface area contributed by atoms with E-state index in [0.29, 0.717) is 17.4 Å². The van der Waals surface area contributed by atoms with E-state index in [1.807, 2.05) is 43.3 Å². The van der Waals surface area contributed by atoms with Crippen LogP contribution in [-0.2, 0) is 0 Å². The summed E-state index contributed by atoms with van der Waals surface area (Å²) in [6, 6.07) is 13.7. The van der Waals surface area contributed by atoms with Crippen LogP contribution in [0.3, 0.4) is 0 Å². The number of halogens is 1. The maximum Gasteiger partial charge on any atom is 0.366 e. The second kappa shape index (κ2) is 5.98. The Morgan fingerprint density at radius 3 is 2.50 bits per heavy atom. The Morgan fingerprint density at radius 1 is 1.05 bits per heavy atom.